The van der Waals surface area contributed by atoms with Crippen molar-refractivity contribution in [3.63, 3.8) is 0 Å². The highest BCUT2D eigenvalue weighted by molar-refractivity contribution is 5.50. The molecule has 2 aliphatic rings. The highest BCUT2D eigenvalue weighted by atomic mass is 16.5. The lowest BCUT2D eigenvalue weighted by molar-refractivity contribution is 0.0840. The van der Waals surface area contributed by atoms with Gasteiger partial charge in [-0.05, 0) is 62.6 Å². The molecule has 2 heteroatoms. The topological polar surface area (TPSA) is 29.5 Å². The molecule has 1 aliphatic heterocycles. The number of aryl methyl sites for hydroxylation is 1. The van der Waals surface area contributed by atoms with Crippen LogP contribution in [0.3, 0.4) is 0 Å². The predicted octanol–water partition coefficient (Wildman–Crippen LogP) is 4.72. The van der Waals surface area contributed by atoms with Crippen molar-refractivity contribution in [2.75, 3.05) is 0 Å². The van der Waals surface area contributed by atoms with Gasteiger partial charge in [-0.2, -0.15) is 0 Å². The van der Waals surface area contributed by atoms with Gasteiger partial charge in [0.1, 0.15) is 17.1 Å². The molecule has 0 atom stereocenters. The molecule has 1 saturated carbocycles. The SMILES string of the molecule is CC1(C)CCc2cc(O)c(C3(C)CCCCC3)cc2O1. The molecule has 2 nitrogen and oxygen atoms in total. The Hall–Kier alpha value is -1.18. The molecule has 1 aromatic carbocycles. The summed E-state index contributed by atoms with van der Waals surface area (Å²) < 4.78 is 6.14. The molecule has 0 bridgehead atoms. The Morgan fingerprint density at radius 3 is 2.40 bits per heavy atom. The van der Waals surface area contributed by atoms with E-state index in [0.717, 1.165) is 29.7 Å². The maximum absolute atomic E-state index is 10.5. The van der Waals surface area contributed by atoms with E-state index in [0.29, 0.717) is 5.75 Å². The van der Waals surface area contributed by atoms with Crippen LogP contribution in [0.2, 0.25) is 0 Å². The summed E-state index contributed by atoms with van der Waals surface area (Å²) in [6.07, 6.45) is 8.19. The average Bonchev–Trinajstić information content (AvgIpc) is 2.39. The first-order valence-electron chi connectivity index (χ1n) is 7.95. The third-order valence-electron chi connectivity index (χ3n) is 5.17. The van der Waals surface area contributed by atoms with E-state index in [9.17, 15) is 5.11 Å². The van der Waals surface area contributed by atoms with Gasteiger partial charge >= 0.3 is 0 Å². The smallest absolute Gasteiger partial charge is 0.123 e. The molecule has 0 radical (unpaired) electrons. The second-order valence-corrected chi connectivity index (χ2v) is 7.46. The van der Waals surface area contributed by atoms with E-state index < -0.39 is 0 Å². The summed E-state index contributed by atoms with van der Waals surface area (Å²) in [6.45, 7) is 6.58. The number of rotatable bonds is 1. The Labute approximate surface area is 122 Å². The van der Waals surface area contributed by atoms with Gasteiger partial charge < -0.3 is 9.84 Å². The zero-order chi connectivity index (χ0) is 14.4. The van der Waals surface area contributed by atoms with E-state index in [1.807, 2.05) is 6.07 Å². The van der Waals surface area contributed by atoms with Gasteiger partial charge in [-0.3, -0.25) is 0 Å². The summed E-state index contributed by atoms with van der Waals surface area (Å²) in [6, 6.07) is 4.07. The van der Waals surface area contributed by atoms with Crippen molar-refractivity contribution in [1.29, 1.82) is 0 Å². The Bertz CT molecular complexity index is 510. The molecule has 20 heavy (non-hydrogen) atoms. The van der Waals surface area contributed by atoms with Crippen LogP contribution in [0, 0.1) is 0 Å². The highest BCUT2D eigenvalue weighted by Crippen LogP contribution is 2.46. The Balaban J connectivity index is 2.00. The monoisotopic (exact) mass is 274 g/mol. The number of hydrogen-bond acceptors (Lipinski definition) is 2. The minimum Gasteiger partial charge on any atom is -0.508 e. The quantitative estimate of drug-likeness (QED) is 0.803. The van der Waals surface area contributed by atoms with Crippen molar-refractivity contribution in [2.45, 2.75) is 76.7 Å². The highest BCUT2D eigenvalue weighted by Gasteiger charge is 2.34. The van der Waals surface area contributed by atoms with E-state index in [1.54, 1.807) is 0 Å². The molecule has 0 saturated heterocycles. The molecule has 0 aromatic heterocycles. The second-order valence-electron chi connectivity index (χ2n) is 7.46. The van der Waals surface area contributed by atoms with E-state index in [1.165, 1.54) is 32.1 Å². The normalized spacial score (nSPS) is 23.8. The number of hydrogen-bond donors (Lipinski definition) is 1. The van der Waals surface area contributed by atoms with Crippen LogP contribution in [0.4, 0.5) is 0 Å². The predicted molar refractivity (Wildman–Crippen MR) is 81.6 cm³/mol. The molecule has 0 spiro atoms. The molecule has 1 aliphatic carbocycles. The fourth-order valence-corrected chi connectivity index (χ4v) is 3.77. The van der Waals surface area contributed by atoms with Crippen molar-refractivity contribution in [3.8, 4) is 11.5 Å². The maximum atomic E-state index is 10.5. The largest absolute Gasteiger partial charge is 0.508 e. The zero-order valence-corrected chi connectivity index (χ0v) is 13.0. The summed E-state index contributed by atoms with van der Waals surface area (Å²) >= 11 is 0. The first-order valence-corrected chi connectivity index (χ1v) is 7.95. The minimum absolute atomic E-state index is 0.0886. The number of fused-ring (bicyclic) bond motifs is 1. The van der Waals surface area contributed by atoms with Gasteiger partial charge in [0, 0.05) is 5.56 Å². The van der Waals surface area contributed by atoms with Crippen LogP contribution in [-0.2, 0) is 11.8 Å². The number of ether oxygens (including phenoxy) is 1. The van der Waals surface area contributed by atoms with Crippen LogP contribution in [0.1, 0.15) is 70.4 Å². The van der Waals surface area contributed by atoms with Gasteiger partial charge in [-0.15, -0.1) is 0 Å². The van der Waals surface area contributed by atoms with E-state index >= 15 is 0 Å². The average molecular weight is 274 g/mol. The fourth-order valence-electron chi connectivity index (χ4n) is 3.77. The van der Waals surface area contributed by atoms with Gasteiger partial charge in [0.15, 0.2) is 0 Å². The number of phenolic OH excluding ortho intramolecular Hbond substituents is 1. The van der Waals surface area contributed by atoms with Crippen LogP contribution < -0.4 is 4.74 Å². The van der Waals surface area contributed by atoms with Crippen molar-refractivity contribution in [2.24, 2.45) is 0 Å². The first kappa shape index (κ1) is 13.8. The third-order valence-corrected chi connectivity index (χ3v) is 5.17. The molecule has 0 unspecified atom stereocenters. The van der Waals surface area contributed by atoms with Gasteiger partial charge in [0.2, 0.25) is 0 Å². The van der Waals surface area contributed by atoms with Crippen molar-refractivity contribution < 1.29 is 9.84 Å². The number of phenols is 1. The second kappa shape index (κ2) is 4.68. The Morgan fingerprint density at radius 1 is 1.00 bits per heavy atom. The maximum Gasteiger partial charge on any atom is 0.123 e. The van der Waals surface area contributed by atoms with Crippen LogP contribution in [0.15, 0.2) is 12.1 Å². The number of aromatic hydroxyl groups is 1. The van der Waals surface area contributed by atoms with Gasteiger partial charge in [0.05, 0.1) is 0 Å². The summed E-state index contributed by atoms with van der Waals surface area (Å²) in [5.41, 5.74) is 2.27. The summed E-state index contributed by atoms with van der Waals surface area (Å²) in [5.74, 6) is 1.46. The zero-order valence-electron chi connectivity index (χ0n) is 13.0. The van der Waals surface area contributed by atoms with Crippen molar-refractivity contribution in [1.82, 2.24) is 0 Å². The molecular formula is C18H26O2. The molecule has 3 rings (SSSR count). The number of benzene rings is 1. The summed E-state index contributed by atoms with van der Waals surface area (Å²) in [4.78, 5) is 0. The van der Waals surface area contributed by atoms with Crippen LogP contribution >= 0.6 is 0 Å². The summed E-state index contributed by atoms with van der Waals surface area (Å²) in [5, 5.41) is 10.5. The molecular weight excluding hydrogens is 248 g/mol. The molecule has 1 heterocycles. The fraction of sp³-hybridized carbons (Fsp3) is 0.667. The summed E-state index contributed by atoms with van der Waals surface area (Å²) in [7, 11) is 0. The Morgan fingerprint density at radius 2 is 1.70 bits per heavy atom. The van der Waals surface area contributed by atoms with Crippen LogP contribution in [0.5, 0.6) is 11.5 Å². The standard InChI is InChI=1S/C18H26O2/c1-17(2)10-7-13-11-15(19)14(12-16(13)20-17)18(3)8-5-4-6-9-18/h11-12,19H,4-10H2,1-3H3. The van der Waals surface area contributed by atoms with E-state index in [4.69, 9.17) is 4.74 Å². The van der Waals surface area contributed by atoms with Crippen LogP contribution in [-0.4, -0.2) is 10.7 Å². The lowest BCUT2D eigenvalue weighted by Crippen LogP contribution is -2.33. The first-order chi connectivity index (χ1) is 9.40. The van der Waals surface area contributed by atoms with Gasteiger partial charge in [-0.25, -0.2) is 0 Å². The van der Waals surface area contributed by atoms with E-state index in [2.05, 4.69) is 26.8 Å². The lowest BCUT2D eigenvalue weighted by atomic mass is 9.70. The van der Waals surface area contributed by atoms with E-state index in [-0.39, 0.29) is 11.0 Å². The van der Waals surface area contributed by atoms with Gasteiger partial charge in [0.25, 0.3) is 0 Å². The molecule has 1 aromatic rings. The van der Waals surface area contributed by atoms with Gasteiger partial charge in [-0.1, -0.05) is 26.2 Å². The van der Waals surface area contributed by atoms with Crippen molar-refractivity contribution >= 4 is 0 Å². The van der Waals surface area contributed by atoms with Crippen molar-refractivity contribution in [3.05, 3.63) is 23.3 Å². The van der Waals surface area contributed by atoms with Crippen LogP contribution in [0.25, 0.3) is 0 Å². The lowest BCUT2D eigenvalue weighted by Gasteiger charge is -2.37. The third kappa shape index (κ3) is 2.41. The minimum atomic E-state index is -0.0886. The molecule has 1 N–H and O–H groups in total. The molecule has 110 valence electrons. The Kier molecular flexibility index (Phi) is 3.23. The molecule has 1 fully saturated rings. The molecule has 0 amide bonds.